The Kier molecular flexibility index (Phi) is 25.5. The Morgan fingerprint density at radius 1 is 0.353 bits per heavy atom. The third-order valence-corrected chi connectivity index (χ3v) is 6.34. The van der Waals surface area contributed by atoms with Crippen molar-refractivity contribution in [2.75, 3.05) is 98.3 Å². The van der Waals surface area contributed by atoms with Crippen LogP contribution in [0.2, 0.25) is 0 Å². The van der Waals surface area contributed by atoms with Crippen LogP contribution in [0.4, 0.5) is 0 Å². The van der Waals surface area contributed by atoms with Gasteiger partial charge in [0.15, 0.2) is 0 Å². The maximum atomic E-state index is 5.82. The average molecular weight is 487 g/mol. The van der Waals surface area contributed by atoms with E-state index >= 15 is 0 Å². The minimum absolute atomic E-state index is 0.748. The fourth-order valence-corrected chi connectivity index (χ4v) is 4.54. The van der Waals surface area contributed by atoms with Gasteiger partial charge in [-0.2, -0.15) is 0 Å². The van der Waals surface area contributed by atoms with Crippen molar-refractivity contribution in [1.82, 2.24) is 19.6 Å². The van der Waals surface area contributed by atoms with E-state index < -0.39 is 0 Å². The smallest absolute Gasteiger partial charge is 0.0506 e. The molecule has 34 heavy (non-hydrogen) atoms. The van der Waals surface area contributed by atoms with Crippen molar-refractivity contribution in [2.24, 2.45) is 22.9 Å². The second-order valence-corrected chi connectivity index (χ2v) is 9.69. The van der Waals surface area contributed by atoms with Crippen LogP contribution in [0.25, 0.3) is 0 Å². The number of nitrogens with two attached hydrogens (primary N) is 4. The van der Waals surface area contributed by atoms with Gasteiger partial charge >= 0.3 is 0 Å². The van der Waals surface area contributed by atoms with Crippen LogP contribution in [0.5, 0.6) is 0 Å². The molecule has 0 aromatic rings. The van der Waals surface area contributed by atoms with E-state index in [1.807, 2.05) is 0 Å². The maximum Gasteiger partial charge on any atom is 0.0506 e. The second-order valence-electron chi connectivity index (χ2n) is 9.69. The molecule has 0 aliphatic carbocycles. The molecule has 0 atom stereocenters. The molecule has 0 saturated carbocycles. The van der Waals surface area contributed by atoms with E-state index in [1.54, 1.807) is 0 Å². The Balaban J connectivity index is 4.47. The Hall–Kier alpha value is -0.320. The standard InChI is InChI=1S/C26H62N8/c1-3-16-31(24-11-25-32(17-4-2)20-7-12-27)18-5-6-19-33(21-8-13-28)26-34(22-9-14-29)23-10-15-30/h3-30H2,1-2H3. The average Bonchev–Trinajstić information content (AvgIpc) is 2.84. The largest absolute Gasteiger partial charge is 0.330 e. The molecular formula is C26H62N8. The van der Waals surface area contributed by atoms with E-state index in [4.69, 9.17) is 22.9 Å². The Morgan fingerprint density at radius 3 is 1.00 bits per heavy atom. The Morgan fingerprint density at radius 2 is 0.647 bits per heavy atom. The zero-order valence-electron chi connectivity index (χ0n) is 23.1. The van der Waals surface area contributed by atoms with Crippen molar-refractivity contribution >= 4 is 0 Å². The molecule has 0 heterocycles. The Labute approximate surface area is 212 Å². The van der Waals surface area contributed by atoms with Gasteiger partial charge in [0.1, 0.15) is 0 Å². The fraction of sp³-hybridized carbons (Fsp3) is 1.00. The first-order valence-electron chi connectivity index (χ1n) is 14.3. The summed E-state index contributed by atoms with van der Waals surface area (Å²) in [6.07, 6.45) is 10.5. The molecule has 0 aliphatic heterocycles. The first-order valence-corrected chi connectivity index (χ1v) is 14.3. The lowest BCUT2D eigenvalue weighted by molar-refractivity contribution is 0.125. The van der Waals surface area contributed by atoms with Gasteiger partial charge in [0.25, 0.3) is 0 Å². The molecule has 0 spiro atoms. The summed E-state index contributed by atoms with van der Waals surface area (Å²) in [5, 5.41) is 0. The summed E-state index contributed by atoms with van der Waals surface area (Å²) in [6, 6.07) is 0. The highest BCUT2D eigenvalue weighted by molar-refractivity contribution is 4.66. The van der Waals surface area contributed by atoms with Gasteiger partial charge in [0.2, 0.25) is 0 Å². The maximum absolute atomic E-state index is 5.82. The highest BCUT2D eigenvalue weighted by Crippen LogP contribution is 2.05. The van der Waals surface area contributed by atoms with Gasteiger partial charge in [-0.15, -0.1) is 0 Å². The van der Waals surface area contributed by atoms with E-state index in [2.05, 4.69) is 33.4 Å². The molecule has 0 amide bonds. The van der Waals surface area contributed by atoms with Gasteiger partial charge in [-0.3, -0.25) is 9.80 Å². The van der Waals surface area contributed by atoms with Crippen molar-refractivity contribution in [3.05, 3.63) is 0 Å². The van der Waals surface area contributed by atoms with Gasteiger partial charge in [0, 0.05) is 19.6 Å². The third-order valence-electron chi connectivity index (χ3n) is 6.34. The summed E-state index contributed by atoms with van der Waals surface area (Å²) in [6.45, 7) is 20.1. The van der Waals surface area contributed by atoms with Crippen LogP contribution in [0, 0.1) is 0 Å². The molecule has 0 aliphatic rings. The molecular weight excluding hydrogens is 424 g/mol. The van der Waals surface area contributed by atoms with E-state index in [0.717, 1.165) is 91.3 Å². The summed E-state index contributed by atoms with van der Waals surface area (Å²) in [7, 11) is 0. The summed E-state index contributed by atoms with van der Waals surface area (Å²) >= 11 is 0. The molecule has 8 nitrogen and oxygen atoms in total. The first-order chi connectivity index (χ1) is 16.6. The van der Waals surface area contributed by atoms with Crippen molar-refractivity contribution in [3.8, 4) is 0 Å². The van der Waals surface area contributed by atoms with Crippen LogP contribution >= 0.6 is 0 Å². The summed E-state index contributed by atoms with van der Waals surface area (Å²) in [4.78, 5) is 10.4. The van der Waals surface area contributed by atoms with Crippen LogP contribution in [0.1, 0.15) is 71.6 Å². The van der Waals surface area contributed by atoms with Gasteiger partial charge < -0.3 is 32.7 Å². The number of unbranched alkanes of at least 4 members (excludes halogenated alkanes) is 1. The molecule has 8 N–H and O–H groups in total. The van der Waals surface area contributed by atoms with Crippen LogP contribution in [-0.2, 0) is 0 Å². The molecule has 0 aromatic heterocycles. The third kappa shape index (κ3) is 19.9. The van der Waals surface area contributed by atoms with E-state index in [1.165, 1.54) is 64.8 Å². The lowest BCUT2D eigenvalue weighted by Crippen LogP contribution is -2.41. The minimum atomic E-state index is 0.748. The topological polar surface area (TPSA) is 117 Å². The monoisotopic (exact) mass is 487 g/mol. The van der Waals surface area contributed by atoms with Crippen LogP contribution in [-0.4, -0.2) is 118 Å². The molecule has 0 unspecified atom stereocenters. The first kappa shape index (κ1) is 33.7. The summed E-state index contributed by atoms with van der Waals surface area (Å²) in [5.74, 6) is 0. The highest BCUT2D eigenvalue weighted by atomic mass is 15.3. The van der Waals surface area contributed by atoms with E-state index in [0.29, 0.717) is 0 Å². The van der Waals surface area contributed by atoms with Crippen LogP contribution in [0.3, 0.4) is 0 Å². The highest BCUT2D eigenvalue weighted by Gasteiger charge is 2.12. The quantitative estimate of drug-likeness (QED) is 0.102. The molecule has 8 heteroatoms. The minimum Gasteiger partial charge on any atom is -0.330 e. The lowest BCUT2D eigenvalue weighted by Gasteiger charge is -2.31. The van der Waals surface area contributed by atoms with Crippen LogP contribution in [0.15, 0.2) is 0 Å². The molecule has 206 valence electrons. The molecule has 0 aromatic carbocycles. The second kappa shape index (κ2) is 25.8. The zero-order valence-corrected chi connectivity index (χ0v) is 23.1. The van der Waals surface area contributed by atoms with E-state index in [-0.39, 0.29) is 0 Å². The SMILES string of the molecule is CCCN(CCCN)CCCN(CCC)CCCCN(CCCN)CN(CCCN)CCCN. The molecule has 0 radical (unpaired) electrons. The zero-order chi connectivity index (χ0) is 25.3. The van der Waals surface area contributed by atoms with Crippen molar-refractivity contribution in [2.45, 2.75) is 71.6 Å². The van der Waals surface area contributed by atoms with Crippen molar-refractivity contribution in [3.63, 3.8) is 0 Å². The normalized spacial score (nSPS) is 12.2. The molecule has 0 fully saturated rings. The number of hydrogen-bond donors (Lipinski definition) is 4. The number of rotatable bonds is 27. The predicted molar refractivity (Wildman–Crippen MR) is 150 cm³/mol. The van der Waals surface area contributed by atoms with Gasteiger partial charge in [-0.05, 0) is 130 Å². The van der Waals surface area contributed by atoms with Crippen molar-refractivity contribution in [1.29, 1.82) is 0 Å². The predicted octanol–water partition coefficient (Wildman–Crippen LogP) is 1.54. The fourth-order valence-electron chi connectivity index (χ4n) is 4.54. The number of nitrogens with zero attached hydrogens (tertiary/aromatic N) is 4. The molecule has 0 bridgehead atoms. The van der Waals surface area contributed by atoms with E-state index in [9.17, 15) is 0 Å². The van der Waals surface area contributed by atoms with Crippen LogP contribution < -0.4 is 22.9 Å². The lowest BCUT2D eigenvalue weighted by atomic mass is 10.2. The van der Waals surface area contributed by atoms with Gasteiger partial charge in [-0.25, -0.2) is 0 Å². The number of hydrogen-bond acceptors (Lipinski definition) is 8. The molecule has 0 rings (SSSR count). The van der Waals surface area contributed by atoms with Gasteiger partial charge in [0.05, 0.1) is 6.67 Å². The Bertz CT molecular complexity index is 391. The summed E-state index contributed by atoms with van der Waals surface area (Å²) in [5.41, 5.74) is 23.1. The molecule has 0 saturated heterocycles. The van der Waals surface area contributed by atoms with Crippen molar-refractivity contribution < 1.29 is 0 Å². The summed E-state index contributed by atoms with van der Waals surface area (Å²) < 4.78 is 0. The van der Waals surface area contributed by atoms with Gasteiger partial charge in [-0.1, -0.05) is 13.8 Å².